The normalized spacial score (nSPS) is 23.0. The third-order valence-electron chi connectivity index (χ3n) is 3.00. The van der Waals surface area contributed by atoms with Crippen molar-refractivity contribution in [1.29, 1.82) is 0 Å². The summed E-state index contributed by atoms with van der Waals surface area (Å²) in [7, 11) is 0. The van der Waals surface area contributed by atoms with Crippen molar-refractivity contribution in [2.75, 3.05) is 36.9 Å². The molecule has 1 spiro atoms. The summed E-state index contributed by atoms with van der Waals surface area (Å²) in [4.78, 5) is 6.39. The Morgan fingerprint density at radius 1 is 1.36 bits per heavy atom. The Balaban J connectivity index is 1.70. The van der Waals surface area contributed by atoms with Gasteiger partial charge in [-0.15, -0.1) is 0 Å². The van der Waals surface area contributed by atoms with Crippen LogP contribution in [0.1, 0.15) is 0 Å². The minimum Gasteiger partial charge on any atom is -0.384 e. The second-order valence-electron chi connectivity index (χ2n) is 4.29. The van der Waals surface area contributed by atoms with E-state index in [1.807, 2.05) is 18.3 Å². The lowest BCUT2D eigenvalue weighted by Crippen LogP contribution is -2.66. The summed E-state index contributed by atoms with van der Waals surface area (Å²) in [6.07, 6.45) is 1.84. The monoisotopic (exact) mass is 191 g/mol. The van der Waals surface area contributed by atoms with E-state index in [2.05, 4.69) is 9.88 Å². The molecule has 2 fully saturated rings. The highest BCUT2D eigenvalue weighted by molar-refractivity contribution is 5.51. The summed E-state index contributed by atoms with van der Waals surface area (Å²) in [5.74, 6) is 0.580. The summed E-state index contributed by atoms with van der Waals surface area (Å²) in [5, 5.41) is 0. The Morgan fingerprint density at radius 2 is 2.14 bits per heavy atom. The molecule has 2 aliphatic heterocycles. The van der Waals surface area contributed by atoms with Gasteiger partial charge in [-0.1, -0.05) is 0 Å². The Labute approximate surface area is 82.7 Å². The van der Waals surface area contributed by atoms with Crippen LogP contribution in [-0.4, -0.2) is 31.3 Å². The minimum absolute atomic E-state index is 0.460. The van der Waals surface area contributed by atoms with E-state index in [4.69, 9.17) is 10.5 Å². The molecule has 1 aromatic heterocycles. The number of anilines is 2. The van der Waals surface area contributed by atoms with E-state index in [9.17, 15) is 0 Å². The van der Waals surface area contributed by atoms with E-state index in [0.29, 0.717) is 11.2 Å². The van der Waals surface area contributed by atoms with Crippen molar-refractivity contribution in [2.24, 2.45) is 5.41 Å². The second-order valence-corrected chi connectivity index (χ2v) is 4.29. The predicted molar refractivity (Wildman–Crippen MR) is 54.1 cm³/mol. The van der Waals surface area contributed by atoms with Crippen molar-refractivity contribution in [3.63, 3.8) is 0 Å². The third-order valence-corrected chi connectivity index (χ3v) is 3.00. The highest BCUT2D eigenvalue weighted by Gasteiger charge is 2.49. The van der Waals surface area contributed by atoms with E-state index in [-0.39, 0.29) is 0 Å². The van der Waals surface area contributed by atoms with Crippen LogP contribution in [0.2, 0.25) is 0 Å². The van der Waals surface area contributed by atoms with Crippen LogP contribution in [0.5, 0.6) is 0 Å². The fourth-order valence-corrected chi connectivity index (χ4v) is 2.10. The lowest BCUT2D eigenvalue weighted by atomic mass is 9.78. The van der Waals surface area contributed by atoms with E-state index in [1.165, 1.54) is 0 Å². The summed E-state index contributed by atoms with van der Waals surface area (Å²) >= 11 is 0. The number of hydrogen-bond acceptors (Lipinski definition) is 4. The molecule has 2 aliphatic rings. The molecule has 0 aliphatic carbocycles. The quantitative estimate of drug-likeness (QED) is 0.702. The molecule has 4 heteroatoms. The largest absolute Gasteiger partial charge is 0.384 e. The molecule has 0 amide bonds. The molecule has 0 unspecified atom stereocenters. The molecule has 0 radical (unpaired) electrons. The number of nitrogens with two attached hydrogens (primary N) is 1. The molecule has 1 aromatic rings. The summed E-state index contributed by atoms with van der Waals surface area (Å²) in [6.45, 7) is 4.04. The van der Waals surface area contributed by atoms with Gasteiger partial charge in [-0.3, -0.25) is 0 Å². The maximum atomic E-state index is 5.53. The SMILES string of the molecule is Nc1ccc(N2CC3(COC3)C2)cn1. The fraction of sp³-hybridized carbons (Fsp3) is 0.500. The standard InChI is InChI=1S/C10H13N3O/c11-9-2-1-8(3-12-9)13-4-10(5-13)6-14-7-10/h1-3H,4-7H2,(H2,11,12). The van der Waals surface area contributed by atoms with E-state index >= 15 is 0 Å². The van der Waals surface area contributed by atoms with Crippen molar-refractivity contribution in [3.8, 4) is 0 Å². The topological polar surface area (TPSA) is 51.4 Å². The van der Waals surface area contributed by atoms with E-state index in [1.54, 1.807) is 0 Å². The van der Waals surface area contributed by atoms with Crippen LogP contribution in [0.3, 0.4) is 0 Å². The summed E-state index contributed by atoms with van der Waals surface area (Å²) in [6, 6.07) is 3.87. The third kappa shape index (κ3) is 1.07. The van der Waals surface area contributed by atoms with Gasteiger partial charge in [-0.2, -0.15) is 0 Å². The number of ether oxygens (including phenoxy) is 1. The Bertz CT molecular complexity index is 337. The van der Waals surface area contributed by atoms with Gasteiger partial charge in [0.15, 0.2) is 0 Å². The molecule has 3 heterocycles. The van der Waals surface area contributed by atoms with Crippen molar-refractivity contribution in [2.45, 2.75) is 0 Å². The number of aromatic nitrogens is 1. The molecule has 4 nitrogen and oxygen atoms in total. The van der Waals surface area contributed by atoms with Gasteiger partial charge in [0.25, 0.3) is 0 Å². The predicted octanol–water partition coefficient (Wildman–Crippen LogP) is 0.500. The first-order valence-corrected chi connectivity index (χ1v) is 4.82. The molecule has 2 saturated heterocycles. The molecule has 0 bridgehead atoms. The molecule has 0 saturated carbocycles. The first-order valence-electron chi connectivity index (χ1n) is 4.82. The molecule has 3 rings (SSSR count). The number of hydrogen-bond donors (Lipinski definition) is 1. The van der Waals surface area contributed by atoms with Gasteiger partial charge in [0, 0.05) is 13.1 Å². The first-order chi connectivity index (χ1) is 6.77. The molecule has 2 N–H and O–H groups in total. The number of pyridine rings is 1. The minimum atomic E-state index is 0.460. The van der Waals surface area contributed by atoms with Crippen molar-refractivity contribution >= 4 is 11.5 Å². The first kappa shape index (κ1) is 8.05. The number of nitrogens with zero attached hydrogens (tertiary/aromatic N) is 2. The second kappa shape index (κ2) is 2.60. The van der Waals surface area contributed by atoms with Gasteiger partial charge in [-0.25, -0.2) is 4.98 Å². The Kier molecular flexibility index (Phi) is 1.50. The van der Waals surface area contributed by atoms with Gasteiger partial charge in [0.05, 0.1) is 30.5 Å². The highest BCUT2D eigenvalue weighted by Crippen LogP contribution is 2.39. The molecular weight excluding hydrogens is 178 g/mol. The van der Waals surface area contributed by atoms with Crippen LogP contribution in [0.15, 0.2) is 18.3 Å². The molecular formula is C10H13N3O. The zero-order valence-electron chi connectivity index (χ0n) is 7.94. The van der Waals surface area contributed by atoms with Crippen LogP contribution >= 0.6 is 0 Å². The van der Waals surface area contributed by atoms with Gasteiger partial charge in [-0.05, 0) is 12.1 Å². The fourth-order valence-electron chi connectivity index (χ4n) is 2.10. The average Bonchev–Trinajstić information content (AvgIpc) is 2.03. The van der Waals surface area contributed by atoms with Crippen LogP contribution in [0.25, 0.3) is 0 Å². The molecule has 74 valence electrons. The van der Waals surface area contributed by atoms with Gasteiger partial charge < -0.3 is 15.4 Å². The maximum absolute atomic E-state index is 5.53. The molecule has 14 heavy (non-hydrogen) atoms. The summed E-state index contributed by atoms with van der Waals surface area (Å²) < 4.78 is 5.22. The Hall–Kier alpha value is -1.29. The zero-order chi connectivity index (χ0) is 9.60. The van der Waals surface area contributed by atoms with Crippen LogP contribution in [0.4, 0.5) is 11.5 Å². The van der Waals surface area contributed by atoms with Gasteiger partial charge in [0.1, 0.15) is 5.82 Å². The van der Waals surface area contributed by atoms with E-state index in [0.717, 1.165) is 32.0 Å². The number of nitrogen functional groups attached to an aromatic ring is 1. The Morgan fingerprint density at radius 3 is 2.64 bits per heavy atom. The van der Waals surface area contributed by atoms with Gasteiger partial charge in [0.2, 0.25) is 0 Å². The van der Waals surface area contributed by atoms with Crippen molar-refractivity contribution < 1.29 is 4.74 Å². The van der Waals surface area contributed by atoms with Crippen LogP contribution in [0, 0.1) is 5.41 Å². The van der Waals surface area contributed by atoms with E-state index < -0.39 is 0 Å². The van der Waals surface area contributed by atoms with Crippen LogP contribution < -0.4 is 10.6 Å². The lowest BCUT2D eigenvalue weighted by molar-refractivity contribution is -0.127. The lowest BCUT2D eigenvalue weighted by Gasteiger charge is -2.55. The molecule has 0 aromatic carbocycles. The number of rotatable bonds is 1. The smallest absolute Gasteiger partial charge is 0.123 e. The maximum Gasteiger partial charge on any atom is 0.123 e. The average molecular weight is 191 g/mol. The van der Waals surface area contributed by atoms with Crippen molar-refractivity contribution in [3.05, 3.63) is 18.3 Å². The van der Waals surface area contributed by atoms with Crippen molar-refractivity contribution in [1.82, 2.24) is 4.98 Å². The highest BCUT2D eigenvalue weighted by atomic mass is 16.5. The molecule has 0 atom stereocenters. The van der Waals surface area contributed by atoms with Gasteiger partial charge >= 0.3 is 0 Å². The summed E-state index contributed by atoms with van der Waals surface area (Å²) in [5.41, 5.74) is 7.15. The van der Waals surface area contributed by atoms with Crippen LogP contribution in [-0.2, 0) is 4.74 Å². The zero-order valence-corrected chi connectivity index (χ0v) is 7.94.